The van der Waals surface area contributed by atoms with Crippen molar-refractivity contribution in [2.75, 3.05) is 26.3 Å². The van der Waals surface area contributed by atoms with E-state index >= 15 is 0 Å². The van der Waals surface area contributed by atoms with Crippen LogP contribution in [-0.4, -0.2) is 73.1 Å². The zero-order chi connectivity index (χ0) is 26.2. The molecule has 0 N–H and O–H groups in total. The van der Waals surface area contributed by atoms with Gasteiger partial charge in [-0.25, -0.2) is 9.59 Å². The van der Waals surface area contributed by atoms with E-state index in [1.165, 1.54) is 51.4 Å². The number of carbonyl (C=O) groups excluding carboxylic acids is 2. The molecule has 0 saturated heterocycles. The molecule has 2 unspecified atom stereocenters. The standard InChI is InChI=1S/C28H50N4O4/c1-23(2)21-35-27(33)31-19-17-29-25(31)15-13-11-9-7-5-6-8-10-12-14-16-26-30-18-20-32(26)28(34)36-22-24(3)4/h17-18,23-26H,5-16,19-22H2,1-4H3. The summed E-state index contributed by atoms with van der Waals surface area (Å²) in [7, 11) is 0. The summed E-state index contributed by atoms with van der Waals surface area (Å²) in [6.45, 7) is 10.2. The molecule has 36 heavy (non-hydrogen) atoms. The molecule has 8 nitrogen and oxygen atoms in total. The van der Waals surface area contributed by atoms with Gasteiger partial charge in [0.2, 0.25) is 0 Å². The Labute approximate surface area is 218 Å². The fourth-order valence-corrected chi connectivity index (χ4v) is 4.48. The fourth-order valence-electron chi connectivity index (χ4n) is 4.48. The Hall–Kier alpha value is -2.12. The number of nitrogens with zero attached hydrogens (tertiary/aromatic N) is 4. The largest absolute Gasteiger partial charge is 0.449 e. The summed E-state index contributed by atoms with van der Waals surface area (Å²) in [5.74, 6) is 0.695. The van der Waals surface area contributed by atoms with Crippen molar-refractivity contribution in [1.82, 2.24) is 9.80 Å². The van der Waals surface area contributed by atoms with Gasteiger partial charge >= 0.3 is 12.2 Å². The second kappa shape index (κ2) is 17.4. The first-order valence-corrected chi connectivity index (χ1v) is 14.3. The second-order valence-electron chi connectivity index (χ2n) is 11.0. The number of carbonyl (C=O) groups is 2. The summed E-state index contributed by atoms with van der Waals surface area (Å²) in [4.78, 5) is 36.9. The SMILES string of the molecule is CC(C)COC(=O)N1CC=NC1CCCCCCCCCCCCC1N=CCN1C(=O)OCC(C)C. The van der Waals surface area contributed by atoms with E-state index in [4.69, 9.17) is 9.47 Å². The van der Waals surface area contributed by atoms with Crippen LogP contribution in [0.25, 0.3) is 0 Å². The molecule has 2 rings (SSSR count). The van der Waals surface area contributed by atoms with Gasteiger partial charge in [-0.05, 0) is 37.5 Å². The first-order chi connectivity index (χ1) is 17.4. The lowest BCUT2D eigenvalue weighted by Crippen LogP contribution is -2.37. The first kappa shape index (κ1) is 30.1. The second-order valence-corrected chi connectivity index (χ2v) is 11.0. The van der Waals surface area contributed by atoms with Crippen LogP contribution in [0.1, 0.15) is 105 Å². The quantitative estimate of drug-likeness (QED) is 0.206. The van der Waals surface area contributed by atoms with Crippen molar-refractivity contribution in [3.8, 4) is 0 Å². The van der Waals surface area contributed by atoms with Crippen molar-refractivity contribution >= 4 is 24.6 Å². The molecule has 2 amide bonds. The van der Waals surface area contributed by atoms with E-state index in [0.29, 0.717) is 38.1 Å². The lowest BCUT2D eigenvalue weighted by Gasteiger charge is -2.23. The molecule has 8 heteroatoms. The lowest BCUT2D eigenvalue weighted by atomic mass is 10.0. The predicted octanol–water partition coefficient (Wildman–Crippen LogP) is 6.68. The van der Waals surface area contributed by atoms with Gasteiger partial charge in [-0.2, -0.15) is 0 Å². The van der Waals surface area contributed by atoms with Crippen molar-refractivity contribution in [3.05, 3.63) is 0 Å². The van der Waals surface area contributed by atoms with Crippen molar-refractivity contribution in [3.63, 3.8) is 0 Å². The fraction of sp³-hybridized carbons (Fsp3) is 0.857. The van der Waals surface area contributed by atoms with Gasteiger partial charge in [0.05, 0.1) is 26.3 Å². The summed E-state index contributed by atoms with van der Waals surface area (Å²) in [5.41, 5.74) is 0. The van der Waals surface area contributed by atoms with E-state index in [0.717, 1.165) is 25.7 Å². The van der Waals surface area contributed by atoms with Crippen LogP contribution in [0.15, 0.2) is 9.98 Å². The van der Waals surface area contributed by atoms with Crippen LogP contribution in [-0.2, 0) is 9.47 Å². The van der Waals surface area contributed by atoms with Crippen LogP contribution in [0.5, 0.6) is 0 Å². The number of rotatable bonds is 17. The Balaban J connectivity index is 1.41. The molecule has 0 saturated carbocycles. The maximum Gasteiger partial charge on any atom is 0.411 e. The Kier molecular flexibility index (Phi) is 14.5. The molecule has 0 radical (unpaired) electrons. The van der Waals surface area contributed by atoms with Gasteiger partial charge in [0.15, 0.2) is 0 Å². The Bertz CT molecular complexity index is 637. The molecule has 2 aliphatic rings. The molecule has 0 aromatic rings. The van der Waals surface area contributed by atoms with Gasteiger partial charge in [-0.15, -0.1) is 0 Å². The summed E-state index contributed by atoms with van der Waals surface area (Å²) in [6.07, 6.45) is 17.2. The highest BCUT2D eigenvalue weighted by Crippen LogP contribution is 2.19. The molecule has 2 aliphatic heterocycles. The number of aliphatic imine (C=N–C) groups is 2. The number of ether oxygens (including phenoxy) is 2. The molecule has 0 aromatic heterocycles. The minimum atomic E-state index is -0.233. The maximum absolute atomic E-state index is 12.2. The van der Waals surface area contributed by atoms with Crippen LogP contribution in [0.4, 0.5) is 9.59 Å². The predicted molar refractivity (Wildman–Crippen MR) is 146 cm³/mol. The van der Waals surface area contributed by atoms with Crippen LogP contribution in [0.2, 0.25) is 0 Å². The molecular formula is C28H50N4O4. The molecule has 206 valence electrons. The lowest BCUT2D eigenvalue weighted by molar-refractivity contribution is 0.0857. The van der Waals surface area contributed by atoms with Crippen LogP contribution in [0, 0.1) is 11.8 Å². The Morgan fingerprint density at radius 3 is 1.33 bits per heavy atom. The van der Waals surface area contributed by atoms with E-state index < -0.39 is 0 Å². The summed E-state index contributed by atoms with van der Waals surface area (Å²) in [6, 6.07) is 0. The first-order valence-electron chi connectivity index (χ1n) is 14.3. The van der Waals surface area contributed by atoms with E-state index in [-0.39, 0.29) is 24.5 Å². The van der Waals surface area contributed by atoms with Crippen LogP contribution >= 0.6 is 0 Å². The number of hydrogen-bond donors (Lipinski definition) is 0. The third kappa shape index (κ3) is 11.7. The van der Waals surface area contributed by atoms with E-state index in [9.17, 15) is 9.59 Å². The van der Waals surface area contributed by atoms with Gasteiger partial charge in [0, 0.05) is 12.4 Å². The monoisotopic (exact) mass is 506 g/mol. The molecule has 0 fully saturated rings. The minimum absolute atomic E-state index is 0.0441. The van der Waals surface area contributed by atoms with Crippen molar-refractivity contribution in [2.24, 2.45) is 21.8 Å². The average Bonchev–Trinajstić information content (AvgIpc) is 3.51. The van der Waals surface area contributed by atoms with E-state index in [1.54, 1.807) is 9.80 Å². The number of hydrogen-bond acceptors (Lipinski definition) is 6. The summed E-state index contributed by atoms with van der Waals surface area (Å²) in [5, 5.41) is 0. The average molecular weight is 507 g/mol. The van der Waals surface area contributed by atoms with E-state index in [2.05, 4.69) is 9.98 Å². The third-order valence-electron chi connectivity index (χ3n) is 6.56. The van der Waals surface area contributed by atoms with Crippen molar-refractivity contribution in [1.29, 1.82) is 0 Å². The van der Waals surface area contributed by atoms with Crippen molar-refractivity contribution < 1.29 is 19.1 Å². The Morgan fingerprint density at radius 1 is 0.667 bits per heavy atom. The van der Waals surface area contributed by atoms with Crippen LogP contribution < -0.4 is 0 Å². The number of unbranched alkanes of at least 4 members (excludes halogenated alkanes) is 9. The number of amides is 2. The zero-order valence-corrected chi connectivity index (χ0v) is 23.2. The summed E-state index contributed by atoms with van der Waals surface area (Å²) >= 11 is 0. The van der Waals surface area contributed by atoms with Gasteiger partial charge in [0.25, 0.3) is 0 Å². The highest BCUT2D eigenvalue weighted by molar-refractivity contribution is 5.76. The smallest absolute Gasteiger partial charge is 0.411 e. The zero-order valence-electron chi connectivity index (χ0n) is 23.2. The van der Waals surface area contributed by atoms with E-state index in [1.807, 2.05) is 40.1 Å². The van der Waals surface area contributed by atoms with Gasteiger partial charge in [0.1, 0.15) is 12.3 Å². The molecule has 2 heterocycles. The molecular weight excluding hydrogens is 456 g/mol. The molecule has 0 bridgehead atoms. The maximum atomic E-state index is 12.2. The highest BCUT2D eigenvalue weighted by atomic mass is 16.6. The van der Waals surface area contributed by atoms with Crippen molar-refractivity contribution in [2.45, 2.75) is 117 Å². The topological polar surface area (TPSA) is 83.8 Å². The Morgan fingerprint density at radius 2 is 1.00 bits per heavy atom. The molecule has 2 atom stereocenters. The van der Waals surface area contributed by atoms with Gasteiger partial charge in [-0.1, -0.05) is 79.1 Å². The highest BCUT2D eigenvalue weighted by Gasteiger charge is 2.27. The third-order valence-corrected chi connectivity index (χ3v) is 6.56. The normalized spacial score (nSPS) is 19.2. The molecule has 0 aromatic carbocycles. The molecule has 0 spiro atoms. The minimum Gasteiger partial charge on any atom is -0.449 e. The van der Waals surface area contributed by atoms with Gasteiger partial charge < -0.3 is 9.47 Å². The van der Waals surface area contributed by atoms with Crippen LogP contribution in [0.3, 0.4) is 0 Å². The molecule has 0 aliphatic carbocycles. The van der Waals surface area contributed by atoms with Gasteiger partial charge in [-0.3, -0.25) is 19.8 Å². The summed E-state index contributed by atoms with van der Waals surface area (Å²) < 4.78 is 10.7.